The summed E-state index contributed by atoms with van der Waals surface area (Å²) in [6, 6.07) is 7.66. The lowest BCUT2D eigenvalue weighted by Crippen LogP contribution is -2.11. The maximum absolute atomic E-state index is 6.19. The predicted octanol–water partition coefficient (Wildman–Crippen LogP) is 3.24. The molecule has 0 aliphatic rings. The Bertz CT molecular complexity index is 488. The lowest BCUT2D eigenvalue weighted by Gasteiger charge is -2.14. The summed E-state index contributed by atoms with van der Waals surface area (Å²) in [6.45, 7) is 0. The molecule has 0 radical (unpaired) electrons. The number of nitrogens with two attached hydrogens (primary N) is 1. The summed E-state index contributed by atoms with van der Waals surface area (Å²) in [7, 11) is 3.24. The summed E-state index contributed by atoms with van der Waals surface area (Å²) in [5, 5.41) is 4.08. The Morgan fingerprint density at radius 2 is 1.78 bits per heavy atom. The third-order valence-electron chi connectivity index (χ3n) is 2.67. The first-order valence-electron chi connectivity index (χ1n) is 5.26. The van der Waals surface area contributed by atoms with Crippen LogP contribution in [0.3, 0.4) is 0 Å². The third-order valence-corrected chi connectivity index (χ3v) is 3.37. The van der Waals surface area contributed by atoms with E-state index in [1.54, 1.807) is 25.6 Å². The van der Waals surface area contributed by atoms with Gasteiger partial charge in [0.25, 0.3) is 0 Å². The first-order valence-corrected chi connectivity index (χ1v) is 6.20. The van der Waals surface area contributed by atoms with Crippen LogP contribution in [0.1, 0.15) is 17.2 Å². The standard InChI is InChI=1S/C13H15NO2S.ClH/c1-15-11-4-3-9(7-12(11)16-2)13(14)10-5-6-17-8-10;/h3-8,13H,14H2,1-2H3;1H/t13-;/m1./s1. The lowest BCUT2D eigenvalue weighted by atomic mass is 10.0. The van der Waals surface area contributed by atoms with Crippen molar-refractivity contribution in [3.63, 3.8) is 0 Å². The van der Waals surface area contributed by atoms with Crippen LogP contribution in [0, 0.1) is 0 Å². The topological polar surface area (TPSA) is 44.5 Å². The van der Waals surface area contributed by atoms with Crippen molar-refractivity contribution in [2.45, 2.75) is 6.04 Å². The van der Waals surface area contributed by atoms with Crippen molar-refractivity contribution in [3.8, 4) is 11.5 Å². The van der Waals surface area contributed by atoms with Gasteiger partial charge in [0.05, 0.1) is 20.3 Å². The fourth-order valence-corrected chi connectivity index (χ4v) is 2.39. The lowest BCUT2D eigenvalue weighted by molar-refractivity contribution is 0.354. The quantitative estimate of drug-likeness (QED) is 0.938. The number of thiophene rings is 1. The number of ether oxygens (including phenoxy) is 2. The van der Waals surface area contributed by atoms with Crippen LogP contribution in [0.15, 0.2) is 35.0 Å². The molecule has 2 aromatic rings. The Morgan fingerprint density at radius 3 is 2.33 bits per heavy atom. The van der Waals surface area contributed by atoms with Gasteiger partial charge in [0, 0.05) is 0 Å². The summed E-state index contributed by atoms with van der Waals surface area (Å²) in [4.78, 5) is 0. The van der Waals surface area contributed by atoms with Crippen molar-refractivity contribution in [2.75, 3.05) is 14.2 Å². The van der Waals surface area contributed by atoms with Crippen molar-refractivity contribution < 1.29 is 9.47 Å². The molecule has 0 saturated heterocycles. The van der Waals surface area contributed by atoms with E-state index in [1.807, 2.05) is 29.6 Å². The minimum atomic E-state index is -0.124. The molecule has 1 heterocycles. The molecule has 0 unspecified atom stereocenters. The predicted molar refractivity (Wildman–Crippen MR) is 77.1 cm³/mol. The summed E-state index contributed by atoms with van der Waals surface area (Å²) < 4.78 is 10.5. The molecule has 0 bridgehead atoms. The molecule has 0 spiro atoms. The molecule has 3 nitrogen and oxygen atoms in total. The van der Waals surface area contributed by atoms with Crippen molar-refractivity contribution in [2.24, 2.45) is 5.73 Å². The number of rotatable bonds is 4. The summed E-state index contributed by atoms with van der Waals surface area (Å²) >= 11 is 1.64. The van der Waals surface area contributed by atoms with E-state index in [9.17, 15) is 0 Å². The molecule has 2 N–H and O–H groups in total. The van der Waals surface area contributed by atoms with Crippen LogP contribution in [-0.2, 0) is 0 Å². The van der Waals surface area contributed by atoms with Gasteiger partial charge in [-0.05, 0) is 40.1 Å². The molecule has 1 atom stereocenters. The maximum atomic E-state index is 6.19. The highest BCUT2D eigenvalue weighted by Gasteiger charge is 2.12. The molecule has 2 rings (SSSR count). The number of hydrogen-bond donors (Lipinski definition) is 1. The highest BCUT2D eigenvalue weighted by Crippen LogP contribution is 2.31. The first kappa shape index (κ1) is 14.8. The number of hydrogen-bond acceptors (Lipinski definition) is 4. The molecule has 1 aromatic heterocycles. The molecule has 18 heavy (non-hydrogen) atoms. The van der Waals surface area contributed by atoms with E-state index in [-0.39, 0.29) is 18.4 Å². The zero-order valence-corrected chi connectivity index (χ0v) is 11.9. The second kappa shape index (κ2) is 6.64. The van der Waals surface area contributed by atoms with Crippen LogP contribution >= 0.6 is 23.7 Å². The van der Waals surface area contributed by atoms with E-state index < -0.39 is 0 Å². The molecule has 1 aromatic carbocycles. The fraction of sp³-hybridized carbons (Fsp3) is 0.231. The number of benzene rings is 1. The molecule has 0 amide bonds. The Balaban J connectivity index is 0.00000162. The van der Waals surface area contributed by atoms with Gasteiger partial charge in [0.2, 0.25) is 0 Å². The molecule has 0 aliphatic heterocycles. The van der Waals surface area contributed by atoms with Gasteiger partial charge in [-0.3, -0.25) is 0 Å². The molecule has 5 heteroatoms. The smallest absolute Gasteiger partial charge is 0.161 e. The summed E-state index contributed by atoms with van der Waals surface area (Å²) in [5.41, 5.74) is 8.31. The molecule has 98 valence electrons. The molecular weight excluding hydrogens is 270 g/mol. The van der Waals surface area contributed by atoms with E-state index >= 15 is 0 Å². The second-order valence-electron chi connectivity index (χ2n) is 3.65. The summed E-state index contributed by atoms with van der Waals surface area (Å²) in [5.74, 6) is 1.42. The number of halogens is 1. The molecule has 0 fully saturated rings. The van der Waals surface area contributed by atoms with Crippen LogP contribution in [0.5, 0.6) is 11.5 Å². The second-order valence-corrected chi connectivity index (χ2v) is 4.43. The molecule has 0 aliphatic carbocycles. The van der Waals surface area contributed by atoms with Gasteiger partial charge >= 0.3 is 0 Å². The molecular formula is C13H16ClNO2S. The van der Waals surface area contributed by atoms with Crippen molar-refractivity contribution in [1.29, 1.82) is 0 Å². The fourth-order valence-electron chi connectivity index (χ4n) is 1.69. The van der Waals surface area contributed by atoms with E-state index in [2.05, 4.69) is 5.38 Å². The van der Waals surface area contributed by atoms with Crippen molar-refractivity contribution in [1.82, 2.24) is 0 Å². The van der Waals surface area contributed by atoms with Gasteiger partial charge in [-0.25, -0.2) is 0 Å². The minimum Gasteiger partial charge on any atom is -0.493 e. The Labute approximate surface area is 117 Å². The van der Waals surface area contributed by atoms with Crippen LogP contribution in [0.25, 0.3) is 0 Å². The average Bonchev–Trinajstić information content (AvgIpc) is 2.90. The van der Waals surface area contributed by atoms with E-state index in [0.29, 0.717) is 11.5 Å². The summed E-state index contributed by atoms with van der Waals surface area (Å²) in [6.07, 6.45) is 0. The Kier molecular flexibility index (Phi) is 5.47. The van der Waals surface area contributed by atoms with E-state index in [1.165, 1.54) is 0 Å². The van der Waals surface area contributed by atoms with Crippen LogP contribution in [-0.4, -0.2) is 14.2 Å². The maximum Gasteiger partial charge on any atom is 0.161 e. The Morgan fingerprint density at radius 1 is 1.06 bits per heavy atom. The largest absolute Gasteiger partial charge is 0.493 e. The highest BCUT2D eigenvalue weighted by molar-refractivity contribution is 7.08. The van der Waals surface area contributed by atoms with Gasteiger partial charge in [0.15, 0.2) is 11.5 Å². The van der Waals surface area contributed by atoms with E-state index in [0.717, 1.165) is 11.1 Å². The molecule has 0 saturated carbocycles. The first-order chi connectivity index (χ1) is 8.26. The Hall–Kier alpha value is -1.23. The monoisotopic (exact) mass is 285 g/mol. The van der Waals surface area contributed by atoms with Gasteiger partial charge in [-0.2, -0.15) is 11.3 Å². The van der Waals surface area contributed by atoms with Crippen molar-refractivity contribution in [3.05, 3.63) is 46.2 Å². The normalized spacial score (nSPS) is 11.5. The highest BCUT2D eigenvalue weighted by atomic mass is 35.5. The van der Waals surface area contributed by atoms with Gasteiger partial charge in [-0.15, -0.1) is 12.4 Å². The number of methoxy groups -OCH3 is 2. The third kappa shape index (κ3) is 2.96. The van der Waals surface area contributed by atoms with E-state index in [4.69, 9.17) is 15.2 Å². The van der Waals surface area contributed by atoms with Gasteiger partial charge in [0.1, 0.15) is 0 Å². The minimum absolute atomic E-state index is 0. The SMILES string of the molecule is COc1ccc([C@@H](N)c2ccsc2)cc1OC.Cl. The van der Waals surface area contributed by atoms with Gasteiger partial charge < -0.3 is 15.2 Å². The van der Waals surface area contributed by atoms with Crippen molar-refractivity contribution >= 4 is 23.7 Å². The van der Waals surface area contributed by atoms with Crippen LogP contribution in [0.4, 0.5) is 0 Å². The zero-order valence-electron chi connectivity index (χ0n) is 10.3. The van der Waals surface area contributed by atoms with Gasteiger partial charge in [-0.1, -0.05) is 6.07 Å². The van der Waals surface area contributed by atoms with Crippen LogP contribution in [0.2, 0.25) is 0 Å². The zero-order chi connectivity index (χ0) is 12.3. The average molecular weight is 286 g/mol. The van der Waals surface area contributed by atoms with Crippen LogP contribution < -0.4 is 15.2 Å².